The van der Waals surface area contributed by atoms with E-state index in [1.54, 1.807) is 0 Å². The van der Waals surface area contributed by atoms with E-state index in [2.05, 4.69) is 22.1 Å². The quantitative estimate of drug-likeness (QED) is 0.690. The molecule has 0 radical (unpaired) electrons. The molecule has 1 aromatic rings. The number of unbranched alkanes of at least 4 members (excludes halogenated alkanes) is 1. The average molecular weight is 182 g/mol. The Labute approximate surface area is 78.9 Å². The zero-order valence-electron chi connectivity index (χ0n) is 8.21. The number of aromatic amines is 1. The van der Waals surface area contributed by atoms with Crippen molar-refractivity contribution in [3.05, 3.63) is 11.6 Å². The summed E-state index contributed by atoms with van der Waals surface area (Å²) in [5.74, 6) is 1.91. The van der Waals surface area contributed by atoms with Gasteiger partial charge in [-0.3, -0.25) is 5.10 Å². The number of nitrogens with zero attached hydrogens (tertiary/aromatic N) is 2. The second-order valence-electron chi connectivity index (χ2n) is 3.19. The molecule has 1 heterocycles. The van der Waals surface area contributed by atoms with Crippen LogP contribution in [0.25, 0.3) is 0 Å². The number of nitrogens with one attached hydrogen (secondary N) is 1. The van der Waals surface area contributed by atoms with Gasteiger partial charge in [-0.1, -0.05) is 13.3 Å². The molecule has 0 unspecified atom stereocenters. The van der Waals surface area contributed by atoms with E-state index in [1.807, 2.05) is 0 Å². The highest BCUT2D eigenvalue weighted by atomic mass is 15.2. The minimum absolute atomic E-state index is 0.713. The topological polar surface area (TPSA) is 67.6 Å². The summed E-state index contributed by atoms with van der Waals surface area (Å²) in [6.07, 6.45) is 5.22. The number of hydrogen-bond donors (Lipinski definition) is 2. The largest absolute Gasteiger partial charge is 0.330 e. The van der Waals surface area contributed by atoms with Gasteiger partial charge >= 0.3 is 0 Å². The summed E-state index contributed by atoms with van der Waals surface area (Å²) in [5, 5.41) is 7.06. The monoisotopic (exact) mass is 182 g/mol. The molecule has 1 aromatic heterocycles. The van der Waals surface area contributed by atoms with Crippen molar-refractivity contribution in [2.24, 2.45) is 5.73 Å². The maximum absolute atomic E-state index is 5.40. The van der Waals surface area contributed by atoms with Crippen LogP contribution in [0.2, 0.25) is 0 Å². The van der Waals surface area contributed by atoms with Crippen molar-refractivity contribution < 1.29 is 0 Å². The van der Waals surface area contributed by atoms with E-state index >= 15 is 0 Å². The van der Waals surface area contributed by atoms with E-state index in [0.717, 1.165) is 37.3 Å². The number of nitrogens with two attached hydrogens (primary N) is 1. The standard InChI is InChI=1S/C9H18N4/c1-2-3-5-8-11-9(13-12-8)6-4-7-10/h2-7,10H2,1H3,(H,11,12,13). The predicted octanol–water partition coefficient (Wildman–Crippen LogP) is 1.04. The lowest BCUT2D eigenvalue weighted by Crippen LogP contribution is -2.01. The molecule has 1 rings (SSSR count). The van der Waals surface area contributed by atoms with Gasteiger partial charge in [0.05, 0.1) is 0 Å². The molecule has 74 valence electrons. The van der Waals surface area contributed by atoms with Crippen LogP contribution in [0.3, 0.4) is 0 Å². The van der Waals surface area contributed by atoms with Gasteiger partial charge < -0.3 is 5.73 Å². The van der Waals surface area contributed by atoms with E-state index in [4.69, 9.17) is 5.73 Å². The van der Waals surface area contributed by atoms with Crippen molar-refractivity contribution in [2.45, 2.75) is 39.0 Å². The predicted molar refractivity (Wildman–Crippen MR) is 52.4 cm³/mol. The molecule has 0 aromatic carbocycles. The van der Waals surface area contributed by atoms with Gasteiger partial charge in [0.15, 0.2) is 5.82 Å². The lowest BCUT2D eigenvalue weighted by molar-refractivity contribution is 0.754. The Bertz CT molecular complexity index is 209. The van der Waals surface area contributed by atoms with Crippen LogP contribution in [0, 0.1) is 0 Å². The average Bonchev–Trinajstić information content (AvgIpc) is 2.59. The molecule has 0 atom stereocenters. The van der Waals surface area contributed by atoms with Crippen LogP contribution < -0.4 is 5.73 Å². The lowest BCUT2D eigenvalue weighted by Gasteiger charge is -1.91. The molecule has 0 aliphatic heterocycles. The van der Waals surface area contributed by atoms with Crippen molar-refractivity contribution in [3.8, 4) is 0 Å². The molecule has 0 fully saturated rings. The summed E-state index contributed by atoms with van der Waals surface area (Å²) in [6, 6.07) is 0. The number of aryl methyl sites for hydroxylation is 2. The molecule has 3 N–H and O–H groups in total. The maximum atomic E-state index is 5.40. The fourth-order valence-electron chi connectivity index (χ4n) is 1.16. The molecule has 0 bridgehead atoms. The van der Waals surface area contributed by atoms with Gasteiger partial charge in [0, 0.05) is 12.8 Å². The van der Waals surface area contributed by atoms with Crippen LogP contribution in [-0.4, -0.2) is 21.7 Å². The third-order valence-electron chi connectivity index (χ3n) is 1.95. The van der Waals surface area contributed by atoms with E-state index in [9.17, 15) is 0 Å². The normalized spacial score (nSPS) is 10.6. The van der Waals surface area contributed by atoms with E-state index < -0.39 is 0 Å². The van der Waals surface area contributed by atoms with E-state index in [-0.39, 0.29) is 0 Å². The lowest BCUT2D eigenvalue weighted by atomic mass is 10.2. The molecule has 0 saturated carbocycles. The Kier molecular flexibility index (Phi) is 4.46. The van der Waals surface area contributed by atoms with Crippen molar-refractivity contribution >= 4 is 0 Å². The minimum Gasteiger partial charge on any atom is -0.330 e. The van der Waals surface area contributed by atoms with Gasteiger partial charge in [-0.05, 0) is 19.4 Å². The van der Waals surface area contributed by atoms with Crippen LogP contribution in [0.4, 0.5) is 0 Å². The van der Waals surface area contributed by atoms with Crippen molar-refractivity contribution in [1.29, 1.82) is 0 Å². The second kappa shape index (κ2) is 5.70. The van der Waals surface area contributed by atoms with Crippen LogP contribution >= 0.6 is 0 Å². The number of rotatable bonds is 6. The van der Waals surface area contributed by atoms with Crippen molar-refractivity contribution in [3.63, 3.8) is 0 Å². The second-order valence-corrected chi connectivity index (χ2v) is 3.19. The Hall–Kier alpha value is -0.900. The van der Waals surface area contributed by atoms with Crippen LogP contribution in [0.1, 0.15) is 37.8 Å². The summed E-state index contributed by atoms with van der Waals surface area (Å²) in [5.41, 5.74) is 5.40. The summed E-state index contributed by atoms with van der Waals surface area (Å²) >= 11 is 0. The van der Waals surface area contributed by atoms with Gasteiger partial charge in [-0.15, -0.1) is 0 Å². The molecule has 0 spiro atoms. The fourth-order valence-corrected chi connectivity index (χ4v) is 1.16. The number of H-pyrrole nitrogens is 1. The van der Waals surface area contributed by atoms with Crippen molar-refractivity contribution in [2.75, 3.05) is 6.54 Å². The fraction of sp³-hybridized carbons (Fsp3) is 0.778. The third-order valence-corrected chi connectivity index (χ3v) is 1.95. The Morgan fingerprint density at radius 1 is 1.31 bits per heavy atom. The highest BCUT2D eigenvalue weighted by molar-refractivity contribution is 4.90. The summed E-state index contributed by atoms with van der Waals surface area (Å²) < 4.78 is 0. The zero-order valence-corrected chi connectivity index (χ0v) is 8.21. The molecule has 0 aliphatic carbocycles. The van der Waals surface area contributed by atoms with Crippen LogP contribution in [0.5, 0.6) is 0 Å². The summed E-state index contributed by atoms with van der Waals surface area (Å²) in [4.78, 5) is 4.36. The molecule has 4 heteroatoms. The van der Waals surface area contributed by atoms with Gasteiger partial charge in [0.2, 0.25) is 0 Å². The molecular formula is C9H18N4. The SMILES string of the molecule is CCCCc1n[nH]c(CCCN)n1. The number of aromatic nitrogens is 3. The smallest absolute Gasteiger partial charge is 0.150 e. The first-order valence-electron chi connectivity index (χ1n) is 4.97. The summed E-state index contributed by atoms with van der Waals surface area (Å²) in [7, 11) is 0. The summed E-state index contributed by atoms with van der Waals surface area (Å²) in [6.45, 7) is 2.88. The highest BCUT2D eigenvalue weighted by Gasteiger charge is 2.01. The number of hydrogen-bond acceptors (Lipinski definition) is 3. The zero-order chi connectivity index (χ0) is 9.52. The van der Waals surface area contributed by atoms with Crippen LogP contribution in [-0.2, 0) is 12.8 Å². The Morgan fingerprint density at radius 2 is 2.15 bits per heavy atom. The third kappa shape index (κ3) is 3.55. The first-order chi connectivity index (χ1) is 6.36. The minimum atomic E-state index is 0.713. The van der Waals surface area contributed by atoms with Gasteiger partial charge in [-0.25, -0.2) is 4.98 Å². The maximum Gasteiger partial charge on any atom is 0.150 e. The first kappa shape index (κ1) is 10.2. The van der Waals surface area contributed by atoms with Crippen LogP contribution in [0.15, 0.2) is 0 Å². The Balaban J connectivity index is 2.34. The van der Waals surface area contributed by atoms with E-state index in [1.165, 1.54) is 6.42 Å². The van der Waals surface area contributed by atoms with Gasteiger partial charge in [-0.2, -0.15) is 5.10 Å². The molecule has 4 nitrogen and oxygen atoms in total. The van der Waals surface area contributed by atoms with E-state index in [0.29, 0.717) is 6.54 Å². The highest BCUT2D eigenvalue weighted by Crippen LogP contribution is 2.00. The molecule has 0 saturated heterocycles. The molecule has 0 aliphatic rings. The van der Waals surface area contributed by atoms with Crippen molar-refractivity contribution in [1.82, 2.24) is 15.2 Å². The molecular weight excluding hydrogens is 164 g/mol. The molecule has 0 amide bonds. The first-order valence-corrected chi connectivity index (χ1v) is 4.97. The van der Waals surface area contributed by atoms with Gasteiger partial charge in [0.25, 0.3) is 0 Å². The Morgan fingerprint density at radius 3 is 2.85 bits per heavy atom. The van der Waals surface area contributed by atoms with Gasteiger partial charge in [0.1, 0.15) is 5.82 Å². The molecule has 13 heavy (non-hydrogen) atoms.